The summed E-state index contributed by atoms with van der Waals surface area (Å²) in [4.78, 5) is 10.4. The minimum Gasteiger partial charge on any atom is -0.463 e. The summed E-state index contributed by atoms with van der Waals surface area (Å²) in [5.74, 6) is 0. The zero-order valence-corrected chi connectivity index (χ0v) is 4.59. The standard InChI is InChI=1S/C6H6NO/c1-7-4-2-6(8)3-5-7/h2-4H,1H3/q-1. The topological polar surface area (TPSA) is 22.0 Å². The van der Waals surface area contributed by atoms with E-state index < -0.39 is 0 Å². The third-order valence-electron chi connectivity index (χ3n) is 0.873. The van der Waals surface area contributed by atoms with E-state index in [9.17, 15) is 4.79 Å². The SMILES string of the molecule is Cn1[c-]cc(=O)cc1. The molecule has 0 saturated carbocycles. The smallest absolute Gasteiger partial charge is 0.0670 e. The monoisotopic (exact) mass is 108 g/mol. The van der Waals surface area contributed by atoms with Crippen molar-refractivity contribution in [3.63, 3.8) is 0 Å². The Morgan fingerprint density at radius 3 is 2.88 bits per heavy atom. The van der Waals surface area contributed by atoms with Gasteiger partial charge < -0.3 is 9.36 Å². The molecule has 0 spiro atoms. The molecule has 0 atom stereocenters. The number of aromatic nitrogens is 1. The molecule has 8 heavy (non-hydrogen) atoms. The van der Waals surface area contributed by atoms with Crippen LogP contribution in [-0.4, -0.2) is 4.57 Å². The predicted octanol–water partition coefficient (Wildman–Crippen LogP) is 0.185. The highest BCUT2D eigenvalue weighted by atomic mass is 16.1. The lowest BCUT2D eigenvalue weighted by molar-refractivity contribution is 0.891. The number of nitrogens with zero attached hydrogens (tertiary/aromatic N) is 1. The fourth-order valence-electron chi connectivity index (χ4n) is 0.442. The fraction of sp³-hybridized carbons (Fsp3) is 0.167. The number of pyridine rings is 1. The average molecular weight is 108 g/mol. The lowest BCUT2D eigenvalue weighted by Gasteiger charge is -1.99. The second-order valence-electron chi connectivity index (χ2n) is 1.60. The van der Waals surface area contributed by atoms with Crippen molar-refractivity contribution in [2.24, 2.45) is 7.05 Å². The first kappa shape index (κ1) is 5.09. The molecule has 0 saturated heterocycles. The number of hydrogen-bond acceptors (Lipinski definition) is 1. The largest absolute Gasteiger partial charge is 0.463 e. The van der Waals surface area contributed by atoms with Crippen LogP contribution in [0.25, 0.3) is 0 Å². The normalized spacial score (nSPS) is 9.12. The maximum atomic E-state index is 10.4. The van der Waals surface area contributed by atoms with Crippen molar-refractivity contribution in [1.82, 2.24) is 4.57 Å². The summed E-state index contributed by atoms with van der Waals surface area (Å²) in [5.41, 5.74) is 0.00287. The quantitative estimate of drug-likeness (QED) is 0.435. The van der Waals surface area contributed by atoms with Gasteiger partial charge in [-0.15, -0.1) is 24.5 Å². The van der Waals surface area contributed by atoms with Crippen LogP contribution in [0.3, 0.4) is 0 Å². The Hall–Kier alpha value is -1.05. The average Bonchev–Trinajstić information content (AvgIpc) is 1.77. The van der Waals surface area contributed by atoms with Crippen molar-refractivity contribution in [2.45, 2.75) is 0 Å². The highest BCUT2D eigenvalue weighted by Crippen LogP contribution is 1.72. The minimum absolute atomic E-state index is 0.00287. The van der Waals surface area contributed by atoms with E-state index in [4.69, 9.17) is 0 Å². The Morgan fingerprint density at radius 1 is 1.75 bits per heavy atom. The van der Waals surface area contributed by atoms with Gasteiger partial charge in [-0.05, 0) is 7.05 Å². The van der Waals surface area contributed by atoms with E-state index in [0.717, 1.165) is 0 Å². The number of rotatable bonds is 0. The van der Waals surface area contributed by atoms with Crippen molar-refractivity contribution < 1.29 is 0 Å². The van der Waals surface area contributed by atoms with Crippen molar-refractivity contribution in [3.8, 4) is 0 Å². The van der Waals surface area contributed by atoms with Crippen LogP contribution in [0.2, 0.25) is 0 Å². The van der Waals surface area contributed by atoms with Gasteiger partial charge >= 0.3 is 0 Å². The third kappa shape index (κ3) is 0.964. The highest BCUT2D eigenvalue weighted by Gasteiger charge is 1.66. The van der Waals surface area contributed by atoms with Gasteiger partial charge in [0, 0.05) is 0 Å². The molecular weight excluding hydrogens is 102 g/mol. The molecule has 0 aromatic carbocycles. The molecule has 2 nitrogen and oxygen atoms in total. The summed E-state index contributed by atoms with van der Waals surface area (Å²) in [6.45, 7) is 0. The van der Waals surface area contributed by atoms with Gasteiger partial charge in [0.25, 0.3) is 0 Å². The van der Waals surface area contributed by atoms with E-state index in [1.807, 2.05) is 7.05 Å². The van der Waals surface area contributed by atoms with Crippen molar-refractivity contribution in [1.29, 1.82) is 0 Å². The van der Waals surface area contributed by atoms with E-state index in [0.29, 0.717) is 0 Å². The summed E-state index contributed by atoms with van der Waals surface area (Å²) >= 11 is 0. The predicted molar refractivity (Wildman–Crippen MR) is 30.5 cm³/mol. The van der Waals surface area contributed by atoms with Gasteiger partial charge in [-0.25, -0.2) is 0 Å². The van der Waals surface area contributed by atoms with Gasteiger partial charge in [0.15, 0.2) is 0 Å². The Labute approximate surface area is 47.4 Å². The maximum Gasteiger partial charge on any atom is 0.0670 e. The van der Waals surface area contributed by atoms with Crippen molar-refractivity contribution in [3.05, 3.63) is 34.7 Å². The van der Waals surface area contributed by atoms with Crippen molar-refractivity contribution >= 4 is 0 Å². The summed E-state index contributed by atoms with van der Waals surface area (Å²) in [6, 6.07) is 2.90. The molecule has 1 aromatic rings. The summed E-state index contributed by atoms with van der Waals surface area (Å²) in [5, 5.41) is 0. The van der Waals surface area contributed by atoms with Gasteiger partial charge in [-0.3, -0.25) is 0 Å². The van der Waals surface area contributed by atoms with Crippen molar-refractivity contribution in [2.75, 3.05) is 0 Å². The molecule has 1 rings (SSSR count). The molecule has 0 radical (unpaired) electrons. The second-order valence-corrected chi connectivity index (χ2v) is 1.60. The summed E-state index contributed by atoms with van der Waals surface area (Å²) < 4.78 is 1.70. The molecule has 2 heteroatoms. The van der Waals surface area contributed by atoms with Crippen LogP contribution >= 0.6 is 0 Å². The van der Waals surface area contributed by atoms with Gasteiger partial charge in [-0.2, -0.15) is 0 Å². The molecular formula is C6H6NO-. The van der Waals surface area contributed by atoms with Gasteiger partial charge in [0.2, 0.25) is 0 Å². The first-order chi connectivity index (χ1) is 3.79. The van der Waals surface area contributed by atoms with Gasteiger partial charge in [0.1, 0.15) is 0 Å². The fourth-order valence-corrected chi connectivity index (χ4v) is 0.442. The highest BCUT2D eigenvalue weighted by molar-refractivity contribution is 4.91. The Kier molecular flexibility index (Phi) is 1.16. The molecule has 0 aliphatic rings. The number of hydrogen-bond donors (Lipinski definition) is 0. The molecule has 1 aromatic heterocycles. The summed E-state index contributed by atoms with van der Waals surface area (Å²) in [6.07, 6.45) is 4.37. The van der Waals surface area contributed by atoms with Crippen LogP contribution < -0.4 is 5.43 Å². The maximum absolute atomic E-state index is 10.4. The first-order valence-electron chi connectivity index (χ1n) is 2.33. The van der Waals surface area contributed by atoms with E-state index >= 15 is 0 Å². The zero-order valence-electron chi connectivity index (χ0n) is 4.59. The van der Waals surface area contributed by atoms with Gasteiger partial charge in [-0.1, -0.05) is 0 Å². The molecule has 0 unspecified atom stereocenters. The molecule has 0 aliphatic heterocycles. The molecule has 42 valence electrons. The third-order valence-corrected chi connectivity index (χ3v) is 0.873. The van der Waals surface area contributed by atoms with Crippen LogP contribution in [0.1, 0.15) is 0 Å². The molecule has 1 heterocycles. The Morgan fingerprint density at radius 2 is 2.50 bits per heavy atom. The van der Waals surface area contributed by atoms with E-state index in [-0.39, 0.29) is 5.43 Å². The van der Waals surface area contributed by atoms with E-state index in [1.165, 1.54) is 12.1 Å². The lowest BCUT2D eigenvalue weighted by Crippen LogP contribution is -1.99. The van der Waals surface area contributed by atoms with Crippen LogP contribution in [0.5, 0.6) is 0 Å². The van der Waals surface area contributed by atoms with Gasteiger partial charge in [0.05, 0.1) is 5.43 Å². The lowest BCUT2D eigenvalue weighted by atomic mass is 10.5. The summed E-state index contributed by atoms with van der Waals surface area (Å²) in [7, 11) is 1.82. The number of aryl methyl sites for hydroxylation is 1. The molecule has 0 N–H and O–H groups in total. The van der Waals surface area contributed by atoms with Crippen LogP contribution in [0.15, 0.2) is 23.1 Å². The van der Waals surface area contributed by atoms with E-state index in [2.05, 4.69) is 6.20 Å². The molecule has 0 aliphatic carbocycles. The zero-order chi connectivity index (χ0) is 5.98. The van der Waals surface area contributed by atoms with Crippen LogP contribution in [0.4, 0.5) is 0 Å². The van der Waals surface area contributed by atoms with Crippen LogP contribution in [-0.2, 0) is 7.05 Å². The molecule has 0 fully saturated rings. The molecule has 0 bridgehead atoms. The van der Waals surface area contributed by atoms with E-state index in [1.54, 1.807) is 10.8 Å². The Bertz CT molecular complexity index is 206. The second kappa shape index (κ2) is 1.82. The Balaban J connectivity index is 3.22. The first-order valence-corrected chi connectivity index (χ1v) is 2.33. The van der Waals surface area contributed by atoms with Crippen LogP contribution in [0, 0.1) is 6.20 Å². The molecule has 0 amide bonds. The minimum atomic E-state index is 0.00287.